The number of likely N-dealkylation sites (tertiary alicyclic amines) is 1. The van der Waals surface area contributed by atoms with Crippen LogP contribution in [0.2, 0.25) is 0 Å². The fourth-order valence-corrected chi connectivity index (χ4v) is 6.16. The third kappa shape index (κ3) is 6.72. The van der Waals surface area contributed by atoms with Crippen molar-refractivity contribution in [3.63, 3.8) is 0 Å². The number of hydrogen-bond donors (Lipinski definition) is 0. The summed E-state index contributed by atoms with van der Waals surface area (Å²) in [6.45, 7) is 10.9. The fraction of sp³-hybridized carbons (Fsp3) is 0.500. The summed E-state index contributed by atoms with van der Waals surface area (Å²) in [6, 6.07) is 13.0. The van der Waals surface area contributed by atoms with E-state index in [0.29, 0.717) is 12.5 Å². The summed E-state index contributed by atoms with van der Waals surface area (Å²) in [5.41, 5.74) is 4.44. The molecular formula is C32H42N4O3S. The molecule has 0 spiro atoms. The molecular weight excluding hydrogens is 520 g/mol. The molecule has 0 bridgehead atoms. The maximum Gasteiger partial charge on any atom is 0.410 e. The van der Waals surface area contributed by atoms with E-state index in [1.807, 2.05) is 25.7 Å². The van der Waals surface area contributed by atoms with Crippen molar-refractivity contribution in [3.05, 3.63) is 59.2 Å². The van der Waals surface area contributed by atoms with E-state index in [9.17, 15) is 4.79 Å². The Hall–Kier alpha value is -3.26. The van der Waals surface area contributed by atoms with Crippen LogP contribution in [0, 0.1) is 5.92 Å². The maximum absolute atomic E-state index is 12.3. The first-order chi connectivity index (χ1) is 19.2. The van der Waals surface area contributed by atoms with Crippen molar-refractivity contribution < 1.29 is 14.3 Å². The predicted molar refractivity (Wildman–Crippen MR) is 162 cm³/mol. The van der Waals surface area contributed by atoms with Gasteiger partial charge in [-0.3, -0.25) is 0 Å². The van der Waals surface area contributed by atoms with Gasteiger partial charge < -0.3 is 23.5 Å². The van der Waals surface area contributed by atoms with Crippen LogP contribution in [0.15, 0.2) is 48.0 Å². The summed E-state index contributed by atoms with van der Waals surface area (Å²) in [5.74, 6) is 2.42. The second-order valence-electron chi connectivity index (χ2n) is 11.8. The van der Waals surface area contributed by atoms with Gasteiger partial charge in [-0.15, -0.1) is 11.3 Å². The summed E-state index contributed by atoms with van der Waals surface area (Å²) in [5, 5.41) is 2.14. The highest BCUT2D eigenvalue weighted by molar-refractivity contribution is 7.17. The van der Waals surface area contributed by atoms with Crippen LogP contribution >= 0.6 is 11.3 Å². The van der Waals surface area contributed by atoms with Crippen LogP contribution in [0.25, 0.3) is 21.7 Å². The Bertz CT molecular complexity index is 1420. The Morgan fingerprint density at radius 2 is 1.88 bits per heavy atom. The molecule has 5 rings (SSSR count). The van der Waals surface area contributed by atoms with Crippen LogP contribution in [-0.2, 0) is 31.2 Å². The summed E-state index contributed by atoms with van der Waals surface area (Å²) in [7, 11) is 2.13. The first-order valence-corrected chi connectivity index (χ1v) is 15.4. The number of rotatable bonds is 9. The molecule has 0 unspecified atom stereocenters. The molecule has 1 aromatic carbocycles. The number of imidazole rings is 1. The molecule has 1 amide bonds. The van der Waals surface area contributed by atoms with Crippen LogP contribution in [0.1, 0.15) is 58.2 Å². The van der Waals surface area contributed by atoms with E-state index in [1.54, 1.807) is 11.3 Å². The van der Waals surface area contributed by atoms with Crippen molar-refractivity contribution in [2.24, 2.45) is 13.0 Å². The van der Waals surface area contributed by atoms with E-state index >= 15 is 0 Å². The number of carbonyl (C=O) groups excluding carboxylic acids is 1. The smallest absolute Gasteiger partial charge is 0.410 e. The molecule has 1 saturated heterocycles. The van der Waals surface area contributed by atoms with Gasteiger partial charge in [-0.25, -0.2) is 9.78 Å². The standard InChI is InChI=1S/C32H42N4O3S/c1-6-25-21-36(30(33-25)28-20-29-27(34(28)5)15-19-40-29)16-7-8-23-9-11-26(12-10-23)38-22-24-13-17-35(18-14-24)31(37)39-32(2,3)4/h9-12,15,19-21,24H,6-8,13-14,16-18,22H2,1-5H3. The number of piperidine rings is 1. The quantitative estimate of drug-likeness (QED) is 0.214. The van der Waals surface area contributed by atoms with Gasteiger partial charge in [0.1, 0.15) is 11.4 Å². The zero-order valence-electron chi connectivity index (χ0n) is 24.5. The Morgan fingerprint density at radius 1 is 1.12 bits per heavy atom. The summed E-state index contributed by atoms with van der Waals surface area (Å²) in [6.07, 6.45) is 6.86. The third-order valence-electron chi connectivity index (χ3n) is 7.62. The normalized spacial score (nSPS) is 14.7. The summed E-state index contributed by atoms with van der Waals surface area (Å²) < 4.78 is 17.5. The van der Waals surface area contributed by atoms with Gasteiger partial charge in [0.15, 0.2) is 5.82 Å². The lowest BCUT2D eigenvalue weighted by atomic mass is 9.98. The minimum absolute atomic E-state index is 0.211. The molecule has 8 heteroatoms. The molecule has 4 heterocycles. The monoisotopic (exact) mass is 562 g/mol. The minimum Gasteiger partial charge on any atom is -0.493 e. The van der Waals surface area contributed by atoms with Crippen molar-refractivity contribution in [1.82, 2.24) is 19.0 Å². The van der Waals surface area contributed by atoms with Gasteiger partial charge in [0.2, 0.25) is 0 Å². The Morgan fingerprint density at radius 3 is 2.55 bits per heavy atom. The highest BCUT2D eigenvalue weighted by Crippen LogP contribution is 2.30. The highest BCUT2D eigenvalue weighted by atomic mass is 32.1. The van der Waals surface area contributed by atoms with Gasteiger partial charge in [0.25, 0.3) is 0 Å². The molecule has 1 fully saturated rings. The first kappa shape index (κ1) is 28.3. The first-order valence-electron chi connectivity index (χ1n) is 14.5. The number of carbonyl (C=O) groups is 1. The number of ether oxygens (including phenoxy) is 2. The molecule has 4 aromatic rings. The van der Waals surface area contributed by atoms with Gasteiger partial charge in [-0.1, -0.05) is 19.1 Å². The summed E-state index contributed by atoms with van der Waals surface area (Å²) >= 11 is 1.78. The zero-order chi connectivity index (χ0) is 28.3. The van der Waals surface area contributed by atoms with Gasteiger partial charge in [-0.05, 0) is 94.0 Å². The van der Waals surface area contributed by atoms with Crippen LogP contribution < -0.4 is 4.74 Å². The van der Waals surface area contributed by atoms with Crippen molar-refractivity contribution in [2.45, 2.75) is 71.9 Å². The lowest BCUT2D eigenvalue weighted by molar-refractivity contribution is 0.0165. The van der Waals surface area contributed by atoms with Crippen molar-refractivity contribution >= 4 is 27.6 Å². The van der Waals surface area contributed by atoms with E-state index in [-0.39, 0.29) is 6.09 Å². The largest absolute Gasteiger partial charge is 0.493 e. The van der Waals surface area contributed by atoms with E-state index in [2.05, 4.69) is 71.1 Å². The van der Waals surface area contributed by atoms with Crippen molar-refractivity contribution in [2.75, 3.05) is 19.7 Å². The number of amides is 1. The average molecular weight is 563 g/mol. The lowest BCUT2D eigenvalue weighted by Gasteiger charge is -2.33. The van der Waals surface area contributed by atoms with Gasteiger partial charge in [-0.2, -0.15) is 0 Å². The average Bonchev–Trinajstić information content (AvgIpc) is 3.64. The minimum atomic E-state index is -0.455. The Balaban J connectivity index is 1.09. The Labute approximate surface area is 241 Å². The van der Waals surface area contributed by atoms with E-state index in [0.717, 1.165) is 69.0 Å². The molecule has 0 aliphatic carbocycles. The molecule has 0 atom stereocenters. The van der Waals surface area contributed by atoms with Gasteiger partial charge in [0.05, 0.1) is 28.2 Å². The number of fused-ring (bicyclic) bond motifs is 1. The molecule has 0 saturated carbocycles. The zero-order valence-corrected chi connectivity index (χ0v) is 25.3. The molecule has 3 aromatic heterocycles. The second kappa shape index (κ2) is 12.1. The molecule has 0 radical (unpaired) electrons. The molecule has 214 valence electrons. The SMILES string of the molecule is CCc1cn(CCCc2ccc(OCC3CCN(C(=O)OC(C)(C)C)CC3)cc2)c(-c2cc3sccc3n2C)n1. The van der Waals surface area contributed by atoms with Crippen LogP contribution in [0.5, 0.6) is 5.75 Å². The number of nitrogens with zero attached hydrogens (tertiary/aromatic N) is 4. The van der Waals surface area contributed by atoms with Crippen LogP contribution in [-0.4, -0.2) is 50.4 Å². The fourth-order valence-electron chi connectivity index (χ4n) is 5.31. The molecule has 1 aliphatic rings. The molecule has 1 aliphatic heterocycles. The summed E-state index contributed by atoms with van der Waals surface area (Å²) in [4.78, 5) is 19.1. The second-order valence-corrected chi connectivity index (χ2v) is 12.8. The van der Waals surface area contributed by atoms with Crippen LogP contribution in [0.3, 0.4) is 0 Å². The van der Waals surface area contributed by atoms with Crippen molar-refractivity contribution in [3.8, 4) is 17.3 Å². The predicted octanol–water partition coefficient (Wildman–Crippen LogP) is 7.32. The third-order valence-corrected chi connectivity index (χ3v) is 8.47. The topological polar surface area (TPSA) is 61.5 Å². The van der Waals surface area contributed by atoms with Crippen LogP contribution in [0.4, 0.5) is 4.79 Å². The number of aromatic nitrogens is 3. The van der Waals surface area contributed by atoms with Crippen molar-refractivity contribution in [1.29, 1.82) is 0 Å². The van der Waals surface area contributed by atoms with E-state index < -0.39 is 5.60 Å². The molecule has 0 N–H and O–H groups in total. The number of hydrogen-bond acceptors (Lipinski definition) is 5. The lowest BCUT2D eigenvalue weighted by Crippen LogP contribution is -2.42. The Kier molecular flexibility index (Phi) is 8.54. The molecule has 40 heavy (non-hydrogen) atoms. The van der Waals surface area contributed by atoms with E-state index in [1.165, 1.54) is 21.5 Å². The number of thiophene rings is 1. The number of benzene rings is 1. The highest BCUT2D eigenvalue weighted by Gasteiger charge is 2.27. The van der Waals surface area contributed by atoms with Gasteiger partial charge >= 0.3 is 6.09 Å². The van der Waals surface area contributed by atoms with Gasteiger partial charge in [0, 0.05) is 32.9 Å². The molecule has 7 nitrogen and oxygen atoms in total. The maximum atomic E-state index is 12.3. The van der Waals surface area contributed by atoms with E-state index in [4.69, 9.17) is 14.5 Å². The number of aryl methyl sites for hydroxylation is 4.